The molecule has 0 fully saturated rings. The largest absolute Gasteiger partial charge is 0.490 e. The van der Waals surface area contributed by atoms with E-state index in [1.165, 1.54) is 7.11 Å². The number of halogens is 1. The minimum atomic E-state index is -0.555. The lowest BCUT2D eigenvalue weighted by atomic mass is 9.87. The lowest BCUT2D eigenvalue weighted by Gasteiger charge is -2.22. The van der Waals surface area contributed by atoms with Crippen molar-refractivity contribution in [3.05, 3.63) is 51.4 Å². The summed E-state index contributed by atoms with van der Waals surface area (Å²) < 4.78 is 5.26. The molecule has 1 aromatic carbocycles. The molecular weight excluding hydrogens is 352 g/mol. The van der Waals surface area contributed by atoms with Gasteiger partial charge in [-0.15, -0.1) is 11.3 Å². The van der Waals surface area contributed by atoms with E-state index in [0.717, 1.165) is 22.9 Å². The van der Waals surface area contributed by atoms with Gasteiger partial charge in [0.1, 0.15) is 12.1 Å². The van der Waals surface area contributed by atoms with E-state index in [2.05, 4.69) is 9.97 Å². The number of aromatic amines is 1. The number of aromatic nitrogens is 2. The summed E-state index contributed by atoms with van der Waals surface area (Å²) in [5, 5.41) is 4.85. The van der Waals surface area contributed by atoms with Crippen molar-refractivity contribution in [2.45, 2.75) is 11.8 Å². The van der Waals surface area contributed by atoms with Crippen molar-refractivity contribution in [1.29, 1.82) is 0 Å². The van der Waals surface area contributed by atoms with Crippen molar-refractivity contribution in [2.75, 3.05) is 7.11 Å². The van der Waals surface area contributed by atoms with E-state index in [4.69, 9.17) is 28.6 Å². The minimum Gasteiger partial charge on any atom is -0.490 e. The number of thiocarbonyl (C=S) groups is 1. The van der Waals surface area contributed by atoms with Gasteiger partial charge in [-0.3, -0.25) is 0 Å². The number of methoxy groups -OCH3 is 1. The summed E-state index contributed by atoms with van der Waals surface area (Å²) in [6.07, 6.45) is 0.853. The fraction of sp³-hybridized carbons (Fsp3) is 0.188. The minimum absolute atomic E-state index is 0.336. The molecule has 0 saturated carbocycles. The van der Waals surface area contributed by atoms with Crippen LogP contribution in [0, 0.1) is 0 Å². The molecule has 0 aliphatic carbocycles. The lowest BCUT2D eigenvalue weighted by Crippen LogP contribution is -2.22. The number of H-pyrrole nitrogens is 1. The molecule has 0 bridgehead atoms. The van der Waals surface area contributed by atoms with Crippen LogP contribution < -0.4 is 0 Å². The van der Waals surface area contributed by atoms with Gasteiger partial charge in [-0.2, -0.15) is 0 Å². The van der Waals surface area contributed by atoms with Crippen LogP contribution >= 0.6 is 35.2 Å². The van der Waals surface area contributed by atoms with E-state index in [1.54, 1.807) is 23.5 Å². The molecular formula is C16H13ClN2O2S2. The van der Waals surface area contributed by atoms with Gasteiger partial charge in [0.2, 0.25) is 0 Å². The Balaban J connectivity index is 2.05. The van der Waals surface area contributed by atoms with Gasteiger partial charge < -0.3 is 14.5 Å². The molecule has 7 heteroatoms. The Morgan fingerprint density at radius 2 is 2.13 bits per heavy atom. The van der Waals surface area contributed by atoms with Crippen molar-refractivity contribution in [2.24, 2.45) is 0 Å². The number of rotatable bonds is 5. The highest BCUT2D eigenvalue weighted by molar-refractivity contribution is 7.80. The van der Waals surface area contributed by atoms with Gasteiger partial charge >= 0.3 is 0 Å². The number of carbonyl (C=O) groups excluding carboxylic acids is 1. The van der Waals surface area contributed by atoms with Crippen LogP contribution in [0.3, 0.4) is 0 Å². The molecule has 2 atom stereocenters. The van der Waals surface area contributed by atoms with E-state index in [1.807, 2.05) is 22.9 Å². The molecule has 0 radical (unpaired) electrons. The molecule has 4 nitrogen and oxygen atoms in total. The fourth-order valence-electron chi connectivity index (χ4n) is 2.51. The number of aldehydes is 1. The summed E-state index contributed by atoms with van der Waals surface area (Å²) in [6.45, 7) is 0. The van der Waals surface area contributed by atoms with Gasteiger partial charge in [-0.05, 0) is 29.9 Å². The summed E-state index contributed by atoms with van der Waals surface area (Å²) in [6, 6.07) is 7.23. The Kier molecular flexibility index (Phi) is 4.75. The van der Waals surface area contributed by atoms with Crippen molar-refractivity contribution < 1.29 is 9.53 Å². The standard InChI is InChI=1S/C16H13ClN2O2S2/c1-21-16(22)14(9-2-4-10(17)5-3-9)11(6-20)15-18-12-7-23-8-13(12)19-15/h2-8,11,14H,1H3,(H,18,19). The Morgan fingerprint density at radius 3 is 2.74 bits per heavy atom. The molecule has 2 unspecified atom stereocenters. The third kappa shape index (κ3) is 3.15. The van der Waals surface area contributed by atoms with Crippen LogP contribution in [0.1, 0.15) is 23.2 Å². The highest BCUT2D eigenvalue weighted by Crippen LogP contribution is 2.34. The van der Waals surface area contributed by atoms with Crippen LogP contribution in [-0.2, 0) is 9.53 Å². The Labute approximate surface area is 147 Å². The monoisotopic (exact) mass is 364 g/mol. The number of imidazole rings is 1. The van der Waals surface area contributed by atoms with Crippen molar-refractivity contribution >= 4 is 57.5 Å². The quantitative estimate of drug-likeness (QED) is 0.541. The number of hydrogen-bond donors (Lipinski definition) is 1. The highest BCUT2D eigenvalue weighted by atomic mass is 35.5. The third-order valence-corrected chi connectivity index (χ3v) is 5.05. The van der Waals surface area contributed by atoms with Crippen LogP contribution in [0.5, 0.6) is 0 Å². The van der Waals surface area contributed by atoms with Gasteiger partial charge in [0.15, 0.2) is 5.05 Å². The maximum Gasteiger partial charge on any atom is 0.167 e. The SMILES string of the molecule is COC(=S)C(c1ccc(Cl)cc1)C(C=O)c1nc2cscc2[nH]1. The first kappa shape index (κ1) is 16.1. The smallest absolute Gasteiger partial charge is 0.167 e. The van der Waals surface area contributed by atoms with Crippen LogP contribution in [0.15, 0.2) is 35.0 Å². The molecule has 0 spiro atoms. The molecule has 2 aromatic heterocycles. The zero-order chi connectivity index (χ0) is 16.4. The molecule has 3 aromatic rings. The number of fused-ring (bicyclic) bond motifs is 1. The van der Waals surface area contributed by atoms with Gasteiger partial charge in [0.25, 0.3) is 0 Å². The second-order valence-electron chi connectivity index (χ2n) is 5.01. The van der Waals surface area contributed by atoms with Crippen LogP contribution in [-0.4, -0.2) is 28.4 Å². The maximum atomic E-state index is 11.8. The Hall–Kier alpha value is -1.76. The molecule has 23 heavy (non-hydrogen) atoms. The molecule has 0 aliphatic heterocycles. The molecule has 0 aliphatic rings. The third-order valence-electron chi connectivity index (χ3n) is 3.65. The maximum absolute atomic E-state index is 11.8. The number of nitrogens with zero attached hydrogens (tertiary/aromatic N) is 1. The van der Waals surface area contributed by atoms with Gasteiger partial charge in [-0.25, -0.2) is 4.98 Å². The average molecular weight is 365 g/mol. The second-order valence-corrected chi connectivity index (χ2v) is 6.59. The lowest BCUT2D eigenvalue weighted by molar-refractivity contribution is -0.109. The van der Waals surface area contributed by atoms with Crippen molar-refractivity contribution in [3.8, 4) is 0 Å². The molecule has 0 amide bonds. The Bertz CT molecular complexity index is 813. The number of benzene rings is 1. The topological polar surface area (TPSA) is 55.0 Å². The Morgan fingerprint density at radius 1 is 1.39 bits per heavy atom. The first-order valence-electron chi connectivity index (χ1n) is 6.84. The summed E-state index contributed by atoms with van der Waals surface area (Å²) in [7, 11) is 1.51. The predicted octanol–water partition coefficient (Wildman–Crippen LogP) is 4.32. The van der Waals surface area contributed by atoms with Crippen LogP contribution in [0.2, 0.25) is 5.02 Å². The predicted molar refractivity (Wildman–Crippen MR) is 96.6 cm³/mol. The first-order valence-corrected chi connectivity index (χ1v) is 8.57. The zero-order valence-corrected chi connectivity index (χ0v) is 14.5. The summed E-state index contributed by atoms with van der Waals surface area (Å²) >= 11 is 12.8. The molecule has 3 rings (SSSR count). The highest BCUT2D eigenvalue weighted by Gasteiger charge is 2.31. The van der Waals surface area contributed by atoms with Gasteiger partial charge in [-0.1, -0.05) is 23.7 Å². The van der Waals surface area contributed by atoms with Crippen LogP contribution in [0.4, 0.5) is 0 Å². The van der Waals surface area contributed by atoms with E-state index in [-0.39, 0.29) is 0 Å². The van der Waals surface area contributed by atoms with Crippen molar-refractivity contribution in [3.63, 3.8) is 0 Å². The zero-order valence-electron chi connectivity index (χ0n) is 12.2. The molecule has 2 heterocycles. The van der Waals surface area contributed by atoms with Crippen LogP contribution in [0.25, 0.3) is 11.0 Å². The summed E-state index contributed by atoms with van der Waals surface area (Å²) in [5.41, 5.74) is 2.61. The van der Waals surface area contributed by atoms with E-state index in [0.29, 0.717) is 15.9 Å². The molecule has 1 N–H and O–H groups in total. The number of hydrogen-bond acceptors (Lipinski definition) is 5. The normalized spacial score (nSPS) is 13.7. The van der Waals surface area contributed by atoms with Crippen molar-refractivity contribution in [1.82, 2.24) is 9.97 Å². The number of ether oxygens (including phenoxy) is 1. The van der Waals surface area contributed by atoms with Gasteiger partial charge in [0, 0.05) is 15.8 Å². The van der Waals surface area contributed by atoms with E-state index >= 15 is 0 Å². The number of thiophene rings is 1. The fourth-order valence-corrected chi connectivity index (χ4v) is 3.61. The average Bonchev–Trinajstić information content (AvgIpc) is 3.14. The van der Waals surface area contributed by atoms with E-state index < -0.39 is 11.8 Å². The summed E-state index contributed by atoms with van der Waals surface area (Å²) in [4.78, 5) is 19.5. The molecule has 118 valence electrons. The van der Waals surface area contributed by atoms with Gasteiger partial charge in [0.05, 0.1) is 30.0 Å². The molecule has 0 saturated heterocycles. The number of nitrogens with one attached hydrogen (secondary N) is 1. The summed E-state index contributed by atoms with van der Waals surface area (Å²) in [5.74, 6) is -0.387. The second kappa shape index (κ2) is 6.78. The number of carbonyl (C=O) groups is 1. The van der Waals surface area contributed by atoms with E-state index in [9.17, 15) is 4.79 Å². The first-order chi connectivity index (χ1) is 11.1.